The number of carbonyl (C=O) groups excluding carboxylic acids is 1. The van der Waals surface area contributed by atoms with E-state index < -0.39 is 20.0 Å². The Balaban J connectivity index is 0.00000216. The Bertz CT molecular complexity index is 931. The fraction of sp³-hybridized carbons (Fsp3) is 0.696. The molecule has 0 radical (unpaired) electrons. The van der Waals surface area contributed by atoms with E-state index in [-0.39, 0.29) is 64.5 Å². The summed E-state index contributed by atoms with van der Waals surface area (Å²) >= 11 is 11.6. The summed E-state index contributed by atoms with van der Waals surface area (Å²) in [6.45, 7) is 2.84. The third-order valence-electron chi connectivity index (χ3n) is 8.04. The molecule has 3 aliphatic carbocycles. The molecule has 0 spiro atoms. The van der Waals surface area contributed by atoms with E-state index in [2.05, 4.69) is 13.0 Å². The summed E-state index contributed by atoms with van der Waals surface area (Å²) < 4.78 is 21.9. The number of benzene rings is 1. The van der Waals surface area contributed by atoms with Crippen LogP contribution in [0.1, 0.15) is 56.1 Å². The molecule has 0 aliphatic heterocycles. The number of rotatable bonds is 7. The standard InChI is InChI=1S/C23H32Cl2NO6P.2Na/c1-23-9-8-18-17-5-3-16(31-22(27)26(12-10-24)13-11-25)14-15(17)2-4-19(18)20(23)6-7-21(23)32-33(28,29)30;;/h3,5,14,18-21H,2,4,6-13H2,1H3,(H2,28,29,30);;/q;2*+1/p-2/t18-,19-,20+,21+,23+;;/m1../s1. The van der Waals surface area contributed by atoms with Crippen LogP contribution >= 0.6 is 31.0 Å². The molecule has 7 nitrogen and oxygen atoms in total. The van der Waals surface area contributed by atoms with Crippen molar-refractivity contribution in [3.63, 3.8) is 0 Å². The van der Waals surface area contributed by atoms with Crippen LogP contribution in [-0.4, -0.2) is 41.9 Å². The van der Waals surface area contributed by atoms with E-state index in [9.17, 15) is 19.1 Å². The summed E-state index contributed by atoms with van der Waals surface area (Å²) in [5.74, 6) is 2.28. The Morgan fingerprint density at radius 3 is 2.46 bits per heavy atom. The fourth-order valence-electron chi connectivity index (χ4n) is 6.57. The minimum absolute atomic E-state index is 0. The molecule has 1 aromatic carbocycles. The van der Waals surface area contributed by atoms with Gasteiger partial charge in [-0.25, -0.2) is 4.79 Å². The quantitative estimate of drug-likeness (QED) is 0.217. The molecule has 4 rings (SSSR count). The molecule has 0 N–H and O–H groups in total. The van der Waals surface area contributed by atoms with Gasteiger partial charge < -0.3 is 28.5 Å². The molecule has 0 aromatic heterocycles. The van der Waals surface area contributed by atoms with Crippen molar-refractivity contribution >= 4 is 37.1 Å². The second kappa shape index (κ2) is 13.5. The van der Waals surface area contributed by atoms with Crippen molar-refractivity contribution in [1.82, 2.24) is 4.90 Å². The van der Waals surface area contributed by atoms with Crippen LogP contribution in [0.4, 0.5) is 4.79 Å². The molecule has 12 heteroatoms. The van der Waals surface area contributed by atoms with Crippen LogP contribution in [0.25, 0.3) is 0 Å². The van der Waals surface area contributed by atoms with E-state index in [1.165, 1.54) is 16.0 Å². The summed E-state index contributed by atoms with van der Waals surface area (Å²) in [5.41, 5.74) is 2.20. The van der Waals surface area contributed by atoms with Gasteiger partial charge in [-0.2, -0.15) is 0 Å². The number of amides is 1. The number of alkyl halides is 2. The van der Waals surface area contributed by atoms with Gasteiger partial charge in [0.25, 0.3) is 0 Å². The van der Waals surface area contributed by atoms with Gasteiger partial charge >= 0.3 is 65.2 Å². The number of carbonyl (C=O) groups is 1. The van der Waals surface area contributed by atoms with Crippen LogP contribution in [0.3, 0.4) is 0 Å². The van der Waals surface area contributed by atoms with Crippen LogP contribution in [0, 0.1) is 17.3 Å². The van der Waals surface area contributed by atoms with Gasteiger partial charge in [-0.3, -0.25) is 0 Å². The molecule has 35 heavy (non-hydrogen) atoms. The molecule has 5 atom stereocenters. The molecule has 0 unspecified atom stereocenters. The first kappa shape index (κ1) is 32.4. The van der Waals surface area contributed by atoms with E-state index in [1.54, 1.807) is 0 Å². The molecule has 1 amide bonds. The number of phosphoric ester groups is 1. The molecule has 0 heterocycles. The topological polar surface area (TPSA) is 102 Å². The maximum absolute atomic E-state index is 12.5. The number of hydrogen-bond donors (Lipinski definition) is 0. The summed E-state index contributed by atoms with van der Waals surface area (Å²) in [6, 6.07) is 5.87. The first-order valence-corrected chi connectivity index (χ1v) is 14.1. The van der Waals surface area contributed by atoms with Gasteiger partial charge in [-0.1, -0.05) is 13.0 Å². The van der Waals surface area contributed by atoms with E-state index in [4.69, 9.17) is 32.5 Å². The zero-order valence-electron chi connectivity index (χ0n) is 20.7. The van der Waals surface area contributed by atoms with Gasteiger partial charge in [0.2, 0.25) is 0 Å². The maximum atomic E-state index is 12.5. The molecule has 0 bridgehead atoms. The monoisotopic (exact) mass is 563 g/mol. The zero-order valence-corrected chi connectivity index (χ0v) is 27.1. The first-order chi connectivity index (χ1) is 15.7. The second-order valence-corrected chi connectivity index (χ2v) is 11.5. The molecule has 184 valence electrons. The molecule has 2 saturated carbocycles. The van der Waals surface area contributed by atoms with Crippen molar-refractivity contribution in [2.75, 3.05) is 24.8 Å². The number of aryl methyl sites for hydroxylation is 1. The Morgan fingerprint density at radius 1 is 1.14 bits per heavy atom. The fourth-order valence-corrected chi connectivity index (χ4v) is 7.63. The average molecular weight is 564 g/mol. The molecular formula is C23H30Cl2NNa2O6P. The SMILES string of the molecule is C[C@]12CC[C@@H]3c4ccc(OC(=O)N(CCCl)CCCl)cc4CC[C@H]3[C@@H]1CC[C@@H]2OP(=O)([O-])[O-].[Na+].[Na+]. The average Bonchev–Trinajstić information content (AvgIpc) is 3.08. The van der Waals surface area contributed by atoms with Gasteiger partial charge in [0, 0.05) is 24.8 Å². The van der Waals surface area contributed by atoms with Crippen LogP contribution < -0.4 is 73.6 Å². The number of ether oxygens (including phenoxy) is 1. The van der Waals surface area contributed by atoms with Crippen LogP contribution in [0.15, 0.2) is 18.2 Å². The van der Waals surface area contributed by atoms with E-state index in [0.717, 1.165) is 32.1 Å². The van der Waals surface area contributed by atoms with E-state index >= 15 is 0 Å². The van der Waals surface area contributed by atoms with Crippen molar-refractivity contribution in [2.24, 2.45) is 17.3 Å². The Hall–Kier alpha value is 1.18. The third kappa shape index (κ3) is 7.23. The molecular weight excluding hydrogens is 534 g/mol. The smallest absolute Gasteiger partial charge is 0.790 e. The minimum atomic E-state index is -5.00. The van der Waals surface area contributed by atoms with Crippen molar-refractivity contribution < 1.29 is 87.5 Å². The van der Waals surface area contributed by atoms with Crippen molar-refractivity contribution in [3.8, 4) is 5.75 Å². The molecule has 3 aliphatic rings. The summed E-state index contributed by atoms with van der Waals surface area (Å²) in [6.07, 6.45) is 4.12. The molecule has 2 fully saturated rings. The van der Waals surface area contributed by atoms with Crippen LogP contribution in [-0.2, 0) is 15.5 Å². The van der Waals surface area contributed by atoms with E-state index in [1.807, 2.05) is 12.1 Å². The first-order valence-electron chi connectivity index (χ1n) is 11.6. The number of phosphoric acid groups is 1. The normalized spacial score (nSPS) is 29.1. The molecule has 0 saturated heterocycles. The zero-order chi connectivity index (χ0) is 23.8. The number of fused-ring (bicyclic) bond motifs is 5. The van der Waals surface area contributed by atoms with Gasteiger partial charge in [0.15, 0.2) is 0 Å². The van der Waals surface area contributed by atoms with Crippen molar-refractivity contribution in [2.45, 2.75) is 57.5 Å². The van der Waals surface area contributed by atoms with Gasteiger partial charge in [-0.15, -0.1) is 23.2 Å². The van der Waals surface area contributed by atoms with E-state index in [0.29, 0.717) is 54.8 Å². The third-order valence-corrected chi connectivity index (χ3v) is 8.89. The van der Waals surface area contributed by atoms with Gasteiger partial charge in [-0.05, 0) is 85.0 Å². The number of nitrogens with zero attached hydrogens (tertiary/aromatic N) is 1. The summed E-state index contributed by atoms with van der Waals surface area (Å²) in [4.78, 5) is 36.5. The van der Waals surface area contributed by atoms with Gasteiger partial charge in [0.1, 0.15) is 5.75 Å². The number of hydrogen-bond acceptors (Lipinski definition) is 6. The molecule has 1 aromatic rings. The maximum Gasteiger partial charge on any atom is 1.00 e. The predicted molar refractivity (Wildman–Crippen MR) is 123 cm³/mol. The second-order valence-electron chi connectivity index (χ2n) is 9.67. The largest absolute Gasteiger partial charge is 1.00 e. The Labute approximate surface area is 261 Å². The Morgan fingerprint density at radius 2 is 1.83 bits per heavy atom. The van der Waals surface area contributed by atoms with Crippen LogP contribution in [0.5, 0.6) is 5.75 Å². The van der Waals surface area contributed by atoms with Crippen molar-refractivity contribution in [3.05, 3.63) is 29.3 Å². The minimum Gasteiger partial charge on any atom is -0.790 e. The predicted octanol–water partition coefficient (Wildman–Crippen LogP) is -1.96. The van der Waals surface area contributed by atoms with Crippen molar-refractivity contribution in [1.29, 1.82) is 0 Å². The summed E-state index contributed by atoms with van der Waals surface area (Å²) in [5, 5.41) is 0. The summed E-state index contributed by atoms with van der Waals surface area (Å²) in [7, 11) is -5.00. The van der Waals surface area contributed by atoms with Gasteiger partial charge in [0.05, 0.1) is 13.9 Å². The Kier molecular flexibility index (Phi) is 12.5. The number of halogens is 2. The van der Waals surface area contributed by atoms with Crippen LogP contribution in [0.2, 0.25) is 0 Å².